The predicted molar refractivity (Wildman–Crippen MR) is 109 cm³/mol. The number of carbonyl (C=O) groups is 1. The van der Waals surface area contributed by atoms with Crippen LogP contribution >= 0.6 is 11.6 Å². The number of carbonyl (C=O) groups excluding carboxylic acids is 1. The zero-order valence-corrected chi connectivity index (χ0v) is 17.0. The zero-order chi connectivity index (χ0) is 20.3. The molecule has 1 aliphatic heterocycles. The molecule has 0 saturated carbocycles. The third-order valence-electron chi connectivity index (χ3n) is 4.32. The van der Waals surface area contributed by atoms with Gasteiger partial charge in [-0.1, -0.05) is 11.6 Å². The number of benzene rings is 2. The predicted octanol–water partition coefficient (Wildman–Crippen LogP) is 4.00. The fraction of sp³-hybridized carbons (Fsp3) is 0.286. The number of hydrogen-bond acceptors (Lipinski definition) is 6. The van der Waals surface area contributed by atoms with Gasteiger partial charge in [0.05, 0.1) is 24.9 Å². The Morgan fingerprint density at radius 3 is 2.54 bits per heavy atom. The highest BCUT2D eigenvalue weighted by atomic mass is 35.5. The van der Waals surface area contributed by atoms with Crippen molar-refractivity contribution in [1.82, 2.24) is 0 Å². The Balaban J connectivity index is 1.96. The van der Waals surface area contributed by atoms with Crippen LogP contribution in [0.5, 0.6) is 23.0 Å². The molecule has 0 aromatic heterocycles. The van der Waals surface area contributed by atoms with E-state index in [1.54, 1.807) is 43.5 Å². The molecule has 2 aromatic carbocycles. The van der Waals surface area contributed by atoms with E-state index in [4.69, 9.17) is 30.5 Å². The summed E-state index contributed by atoms with van der Waals surface area (Å²) in [5.41, 5.74) is 1.88. The van der Waals surface area contributed by atoms with Crippen LogP contribution in [-0.2, 0) is 0 Å². The second kappa shape index (κ2) is 8.44. The van der Waals surface area contributed by atoms with Crippen LogP contribution in [0.1, 0.15) is 15.9 Å². The molecule has 6 nitrogen and oxygen atoms in total. The van der Waals surface area contributed by atoms with Crippen LogP contribution in [0, 0.1) is 0 Å². The Labute approximate surface area is 169 Å². The van der Waals surface area contributed by atoms with Crippen molar-refractivity contribution >= 4 is 29.1 Å². The monoisotopic (exact) mass is 403 g/mol. The lowest BCUT2D eigenvalue weighted by molar-refractivity contribution is 0.104. The molecule has 0 amide bonds. The average molecular weight is 404 g/mol. The van der Waals surface area contributed by atoms with Gasteiger partial charge >= 0.3 is 0 Å². The summed E-state index contributed by atoms with van der Waals surface area (Å²) in [5.74, 6) is 1.97. The number of rotatable bonds is 6. The van der Waals surface area contributed by atoms with Gasteiger partial charge in [0.25, 0.3) is 0 Å². The molecule has 1 heterocycles. The summed E-state index contributed by atoms with van der Waals surface area (Å²) >= 11 is 6.36. The summed E-state index contributed by atoms with van der Waals surface area (Å²) in [6, 6.07) is 8.73. The fourth-order valence-corrected chi connectivity index (χ4v) is 3.18. The minimum atomic E-state index is -0.302. The van der Waals surface area contributed by atoms with Crippen molar-refractivity contribution in [3.8, 4) is 23.0 Å². The summed E-state index contributed by atoms with van der Waals surface area (Å²) in [4.78, 5) is 14.7. The lowest BCUT2D eigenvalue weighted by Crippen LogP contribution is -2.16. The molecule has 0 atom stereocenters. The van der Waals surface area contributed by atoms with Gasteiger partial charge in [-0.05, 0) is 36.4 Å². The Bertz CT molecular complexity index is 923. The number of ether oxygens (including phenoxy) is 4. The molecule has 0 bridgehead atoms. The molecule has 3 rings (SSSR count). The molecule has 1 aliphatic rings. The van der Waals surface area contributed by atoms with E-state index in [0.29, 0.717) is 47.3 Å². The van der Waals surface area contributed by atoms with Crippen LogP contribution in [0.15, 0.2) is 35.4 Å². The zero-order valence-electron chi connectivity index (χ0n) is 16.2. The number of allylic oxidation sites excluding steroid dienone is 1. The van der Waals surface area contributed by atoms with Crippen LogP contribution in [0.2, 0.25) is 0 Å². The molecule has 2 aromatic rings. The second-order valence-electron chi connectivity index (χ2n) is 6.31. The number of Topliss-reactive ketones (excluding diaryl/α,β-unsaturated/α-hetero) is 1. The smallest absolute Gasteiger partial charge is 0.204 e. The number of halogens is 1. The number of nitrogens with zero attached hydrogens (tertiary/aromatic N) is 1. The van der Waals surface area contributed by atoms with Crippen molar-refractivity contribution in [3.05, 3.63) is 46.5 Å². The standard InChI is InChI=1S/C21H22ClNO5/c1-23(2)16-12-13(5-7-17(16)25-3)19(24)15(22)11-14-6-8-18-21(20(14)26-4)28-10-9-27-18/h5-8,11-12H,9-10H2,1-4H3. The van der Waals surface area contributed by atoms with Gasteiger partial charge in [0, 0.05) is 25.2 Å². The van der Waals surface area contributed by atoms with E-state index in [1.165, 1.54) is 7.11 Å². The molecule has 0 spiro atoms. The van der Waals surface area contributed by atoms with E-state index in [-0.39, 0.29) is 10.8 Å². The first-order valence-electron chi connectivity index (χ1n) is 8.70. The van der Waals surface area contributed by atoms with E-state index >= 15 is 0 Å². The Hall–Kier alpha value is -2.86. The molecule has 0 aliphatic carbocycles. The van der Waals surface area contributed by atoms with Gasteiger partial charge < -0.3 is 23.8 Å². The number of fused-ring (bicyclic) bond motifs is 1. The molecular weight excluding hydrogens is 382 g/mol. The van der Waals surface area contributed by atoms with Gasteiger partial charge in [0.15, 0.2) is 11.5 Å². The maximum Gasteiger partial charge on any atom is 0.204 e. The quantitative estimate of drug-likeness (QED) is 0.536. The normalized spacial score (nSPS) is 13.1. The second-order valence-corrected chi connectivity index (χ2v) is 6.72. The first kappa shape index (κ1) is 19.9. The maximum atomic E-state index is 12.9. The summed E-state index contributed by atoms with van der Waals surface area (Å²) in [6.07, 6.45) is 1.57. The molecule has 0 fully saturated rings. The van der Waals surface area contributed by atoms with Crippen molar-refractivity contribution in [3.63, 3.8) is 0 Å². The highest BCUT2D eigenvalue weighted by molar-refractivity contribution is 6.47. The molecular formula is C21H22ClNO5. The number of anilines is 1. The molecule has 0 saturated heterocycles. The minimum Gasteiger partial charge on any atom is -0.495 e. The Morgan fingerprint density at radius 2 is 1.86 bits per heavy atom. The Morgan fingerprint density at radius 1 is 1.11 bits per heavy atom. The highest BCUT2D eigenvalue weighted by Gasteiger charge is 2.21. The van der Waals surface area contributed by atoms with Crippen molar-refractivity contribution < 1.29 is 23.7 Å². The van der Waals surface area contributed by atoms with Crippen molar-refractivity contribution in [2.45, 2.75) is 0 Å². The highest BCUT2D eigenvalue weighted by Crippen LogP contribution is 2.42. The van der Waals surface area contributed by atoms with Crippen LogP contribution < -0.4 is 23.8 Å². The van der Waals surface area contributed by atoms with Gasteiger partial charge in [-0.25, -0.2) is 0 Å². The van der Waals surface area contributed by atoms with Gasteiger partial charge in [-0.2, -0.15) is 0 Å². The average Bonchev–Trinajstić information content (AvgIpc) is 2.72. The summed E-state index contributed by atoms with van der Waals surface area (Å²) in [6.45, 7) is 0.915. The van der Waals surface area contributed by atoms with E-state index in [0.717, 1.165) is 5.69 Å². The van der Waals surface area contributed by atoms with Gasteiger partial charge in [-0.3, -0.25) is 4.79 Å². The summed E-state index contributed by atoms with van der Waals surface area (Å²) in [5, 5.41) is 0.0600. The van der Waals surface area contributed by atoms with E-state index in [1.807, 2.05) is 19.0 Å². The molecule has 0 unspecified atom stereocenters. The largest absolute Gasteiger partial charge is 0.495 e. The number of methoxy groups -OCH3 is 2. The molecule has 7 heteroatoms. The van der Waals surface area contributed by atoms with Crippen molar-refractivity contribution in [2.75, 3.05) is 46.4 Å². The van der Waals surface area contributed by atoms with Crippen LogP contribution in [0.4, 0.5) is 5.69 Å². The van der Waals surface area contributed by atoms with Gasteiger partial charge in [-0.15, -0.1) is 0 Å². The van der Waals surface area contributed by atoms with Gasteiger partial charge in [0.1, 0.15) is 19.0 Å². The Kier molecular flexibility index (Phi) is 5.99. The summed E-state index contributed by atoms with van der Waals surface area (Å²) in [7, 11) is 6.88. The lowest BCUT2D eigenvalue weighted by Gasteiger charge is -2.21. The van der Waals surface area contributed by atoms with E-state index in [2.05, 4.69) is 0 Å². The fourth-order valence-electron chi connectivity index (χ4n) is 2.95. The van der Waals surface area contributed by atoms with Gasteiger partial charge in [0.2, 0.25) is 11.5 Å². The number of ketones is 1. The lowest BCUT2D eigenvalue weighted by atomic mass is 10.1. The molecule has 0 N–H and O–H groups in total. The van der Waals surface area contributed by atoms with Crippen molar-refractivity contribution in [1.29, 1.82) is 0 Å². The molecule has 28 heavy (non-hydrogen) atoms. The first-order chi connectivity index (χ1) is 13.5. The first-order valence-corrected chi connectivity index (χ1v) is 9.08. The van der Waals surface area contributed by atoms with E-state index < -0.39 is 0 Å². The third kappa shape index (κ3) is 3.87. The SMILES string of the molecule is COc1ccc(C(=O)C(Cl)=Cc2ccc3c(c2OC)OCCO3)cc1N(C)C. The van der Waals surface area contributed by atoms with E-state index in [9.17, 15) is 4.79 Å². The third-order valence-corrected chi connectivity index (χ3v) is 4.60. The summed E-state index contributed by atoms with van der Waals surface area (Å²) < 4.78 is 22.0. The van der Waals surface area contributed by atoms with Crippen LogP contribution in [-0.4, -0.2) is 47.3 Å². The maximum absolute atomic E-state index is 12.9. The number of hydrogen-bond donors (Lipinski definition) is 0. The van der Waals surface area contributed by atoms with Crippen LogP contribution in [0.25, 0.3) is 6.08 Å². The van der Waals surface area contributed by atoms with Crippen LogP contribution in [0.3, 0.4) is 0 Å². The molecule has 0 radical (unpaired) electrons. The minimum absolute atomic E-state index is 0.0600. The van der Waals surface area contributed by atoms with Crippen molar-refractivity contribution in [2.24, 2.45) is 0 Å². The topological polar surface area (TPSA) is 57.2 Å². The molecule has 148 valence electrons.